The molecule has 21 heavy (non-hydrogen) atoms. The normalized spacial score (nSPS) is 14.1. The molecular formula is C16H13BrFNO2. The number of hydrogen-bond donors (Lipinski definition) is 0. The Kier molecular flexibility index (Phi) is 3.92. The van der Waals surface area contributed by atoms with Crippen LogP contribution in [-0.4, -0.2) is 24.0 Å². The molecule has 1 aliphatic heterocycles. The first-order chi connectivity index (χ1) is 10.2. The third-order valence-electron chi connectivity index (χ3n) is 3.42. The van der Waals surface area contributed by atoms with Crippen LogP contribution in [0, 0.1) is 5.82 Å². The zero-order valence-corrected chi connectivity index (χ0v) is 12.8. The Morgan fingerprint density at radius 2 is 2.00 bits per heavy atom. The Balaban J connectivity index is 1.90. The molecule has 3 nitrogen and oxygen atoms in total. The quantitative estimate of drug-likeness (QED) is 0.786. The van der Waals surface area contributed by atoms with Crippen LogP contribution in [0.3, 0.4) is 0 Å². The lowest BCUT2D eigenvalue weighted by Crippen LogP contribution is -2.33. The van der Waals surface area contributed by atoms with Gasteiger partial charge in [0, 0.05) is 12.1 Å². The Labute approximate surface area is 130 Å². The maximum absolute atomic E-state index is 14.1. The summed E-state index contributed by atoms with van der Waals surface area (Å²) in [5.74, 6) is -0.0717. The molecule has 0 spiro atoms. The standard InChI is InChI=1S/C16H13BrFNO2/c17-13-6-3-5-12(15(13)18)16(20)19-8-9-21-14-7-2-1-4-11(14)10-19/h1-7H,8-10H2. The fraction of sp³-hybridized carbons (Fsp3) is 0.188. The van der Waals surface area contributed by atoms with E-state index in [4.69, 9.17) is 4.74 Å². The number of carbonyl (C=O) groups excluding carboxylic acids is 1. The zero-order valence-electron chi connectivity index (χ0n) is 11.2. The summed E-state index contributed by atoms with van der Waals surface area (Å²) in [6.07, 6.45) is 0. The first-order valence-corrected chi connectivity index (χ1v) is 7.40. The largest absolute Gasteiger partial charge is 0.491 e. The highest BCUT2D eigenvalue weighted by Crippen LogP contribution is 2.25. The van der Waals surface area contributed by atoms with Gasteiger partial charge in [0.1, 0.15) is 18.2 Å². The molecule has 0 fully saturated rings. The first-order valence-electron chi connectivity index (χ1n) is 6.61. The van der Waals surface area contributed by atoms with Crippen LogP contribution < -0.4 is 4.74 Å². The van der Waals surface area contributed by atoms with Gasteiger partial charge in [-0.15, -0.1) is 0 Å². The molecule has 0 aromatic heterocycles. The fourth-order valence-electron chi connectivity index (χ4n) is 2.34. The van der Waals surface area contributed by atoms with Crippen LogP contribution in [0.2, 0.25) is 0 Å². The van der Waals surface area contributed by atoms with Crippen molar-refractivity contribution in [2.75, 3.05) is 13.2 Å². The van der Waals surface area contributed by atoms with Crippen LogP contribution in [0.4, 0.5) is 4.39 Å². The van der Waals surface area contributed by atoms with Crippen molar-refractivity contribution in [2.24, 2.45) is 0 Å². The molecule has 0 N–H and O–H groups in total. The highest BCUT2D eigenvalue weighted by Gasteiger charge is 2.23. The molecule has 0 bridgehead atoms. The lowest BCUT2D eigenvalue weighted by Gasteiger charge is -2.20. The minimum Gasteiger partial charge on any atom is -0.491 e. The van der Waals surface area contributed by atoms with E-state index < -0.39 is 5.82 Å². The van der Waals surface area contributed by atoms with Gasteiger partial charge in [0.25, 0.3) is 5.91 Å². The maximum atomic E-state index is 14.1. The van der Waals surface area contributed by atoms with Crippen molar-refractivity contribution in [3.05, 3.63) is 63.9 Å². The summed E-state index contributed by atoms with van der Waals surface area (Å²) in [6, 6.07) is 12.3. The number of amides is 1. The summed E-state index contributed by atoms with van der Waals surface area (Å²) in [6.45, 7) is 1.25. The second-order valence-corrected chi connectivity index (χ2v) is 5.64. The van der Waals surface area contributed by atoms with E-state index in [0.717, 1.165) is 11.3 Å². The molecule has 0 saturated carbocycles. The Hall–Kier alpha value is -1.88. The van der Waals surface area contributed by atoms with Crippen molar-refractivity contribution in [3.8, 4) is 5.75 Å². The minimum atomic E-state index is -0.527. The van der Waals surface area contributed by atoms with Gasteiger partial charge in [-0.05, 0) is 34.1 Å². The van der Waals surface area contributed by atoms with E-state index in [1.165, 1.54) is 6.07 Å². The second-order valence-electron chi connectivity index (χ2n) is 4.78. The summed E-state index contributed by atoms with van der Waals surface area (Å²) in [7, 11) is 0. The van der Waals surface area contributed by atoms with E-state index in [0.29, 0.717) is 24.2 Å². The maximum Gasteiger partial charge on any atom is 0.257 e. The molecular weight excluding hydrogens is 337 g/mol. The number of para-hydroxylation sites is 1. The highest BCUT2D eigenvalue weighted by molar-refractivity contribution is 9.10. The van der Waals surface area contributed by atoms with Gasteiger partial charge in [-0.25, -0.2) is 4.39 Å². The third-order valence-corrected chi connectivity index (χ3v) is 4.03. The zero-order chi connectivity index (χ0) is 14.8. The third kappa shape index (κ3) is 2.78. The molecule has 0 unspecified atom stereocenters. The fourth-order valence-corrected chi connectivity index (χ4v) is 2.70. The topological polar surface area (TPSA) is 29.5 Å². The van der Waals surface area contributed by atoms with Gasteiger partial charge in [0.05, 0.1) is 16.6 Å². The van der Waals surface area contributed by atoms with Crippen molar-refractivity contribution in [1.82, 2.24) is 4.90 Å². The van der Waals surface area contributed by atoms with E-state index in [-0.39, 0.29) is 11.5 Å². The van der Waals surface area contributed by atoms with Gasteiger partial charge >= 0.3 is 0 Å². The van der Waals surface area contributed by atoms with Gasteiger partial charge in [-0.1, -0.05) is 24.3 Å². The molecule has 0 radical (unpaired) electrons. The average Bonchev–Trinajstić information content (AvgIpc) is 2.71. The SMILES string of the molecule is O=C(c1cccc(Br)c1F)N1CCOc2ccccc2C1. The van der Waals surface area contributed by atoms with Crippen LogP contribution in [0.1, 0.15) is 15.9 Å². The number of carbonyl (C=O) groups is 1. The van der Waals surface area contributed by atoms with Gasteiger partial charge < -0.3 is 9.64 Å². The van der Waals surface area contributed by atoms with Crippen molar-refractivity contribution in [3.63, 3.8) is 0 Å². The number of rotatable bonds is 1. The summed E-state index contributed by atoms with van der Waals surface area (Å²) < 4.78 is 20.0. The number of benzene rings is 2. The van der Waals surface area contributed by atoms with Gasteiger partial charge in [0.2, 0.25) is 0 Å². The van der Waals surface area contributed by atoms with Gasteiger partial charge in [-0.2, -0.15) is 0 Å². The number of hydrogen-bond acceptors (Lipinski definition) is 2. The predicted molar refractivity (Wildman–Crippen MR) is 80.8 cm³/mol. The van der Waals surface area contributed by atoms with Gasteiger partial charge in [-0.3, -0.25) is 4.79 Å². The van der Waals surface area contributed by atoms with Crippen LogP contribution in [0.5, 0.6) is 5.75 Å². The average molecular weight is 350 g/mol. The van der Waals surface area contributed by atoms with E-state index >= 15 is 0 Å². The van der Waals surface area contributed by atoms with Crippen LogP contribution in [0.25, 0.3) is 0 Å². The van der Waals surface area contributed by atoms with Crippen LogP contribution >= 0.6 is 15.9 Å². The smallest absolute Gasteiger partial charge is 0.257 e. The Morgan fingerprint density at radius 3 is 2.86 bits per heavy atom. The molecule has 1 amide bonds. The molecule has 0 saturated heterocycles. The highest BCUT2D eigenvalue weighted by atomic mass is 79.9. The van der Waals surface area contributed by atoms with E-state index in [1.807, 2.05) is 24.3 Å². The molecule has 0 aliphatic carbocycles. The second kappa shape index (κ2) is 5.85. The number of halogens is 2. The molecule has 5 heteroatoms. The Bertz CT molecular complexity index is 690. The van der Waals surface area contributed by atoms with Crippen molar-refractivity contribution >= 4 is 21.8 Å². The van der Waals surface area contributed by atoms with Crippen LogP contribution in [-0.2, 0) is 6.54 Å². The van der Waals surface area contributed by atoms with E-state index in [2.05, 4.69) is 15.9 Å². The molecule has 108 valence electrons. The monoisotopic (exact) mass is 349 g/mol. The molecule has 3 rings (SSSR count). The van der Waals surface area contributed by atoms with Gasteiger partial charge in [0.15, 0.2) is 0 Å². The Morgan fingerprint density at radius 1 is 1.19 bits per heavy atom. The summed E-state index contributed by atoms with van der Waals surface area (Å²) in [5, 5.41) is 0. The summed E-state index contributed by atoms with van der Waals surface area (Å²) in [4.78, 5) is 14.2. The van der Waals surface area contributed by atoms with E-state index in [1.54, 1.807) is 17.0 Å². The summed E-state index contributed by atoms with van der Waals surface area (Å²) in [5.41, 5.74) is 1.00. The lowest BCUT2D eigenvalue weighted by atomic mass is 10.1. The lowest BCUT2D eigenvalue weighted by molar-refractivity contribution is 0.0728. The molecule has 1 aliphatic rings. The van der Waals surface area contributed by atoms with Crippen molar-refractivity contribution < 1.29 is 13.9 Å². The van der Waals surface area contributed by atoms with Crippen molar-refractivity contribution in [1.29, 1.82) is 0 Å². The van der Waals surface area contributed by atoms with E-state index in [9.17, 15) is 9.18 Å². The molecule has 0 atom stereocenters. The number of nitrogens with zero attached hydrogens (tertiary/aromatic N) is 1. The van der Waals surface area contributed by atoms with Crippen LogP contribution in [0.15, 0.2) is 46.9 Å². The minimum absolute atomic E-state index is 0.0729. The predicted octanol–water partition coefficient (Wildman–Crippen LogP) is 3.62. The number of fused-ring (bicyclic) bond motifs is 1. The first kappa shape index (κ1) is 14.1. The number of ether oxygens (including phenoxy) is 1. The molecule has 2 aromatic carbocycles. The molecule has 1 heterocycles. The van der Waals surface area contributed by atoms with Crippen molar-refractivity contribution in [2.45, 2.75) is 6.54 Å². The summed E-state index contributed by atoms with van der Waals surface area (Å²) >= 11 is 3.11. The molecule has 2 aromatic rings.